The Balaban J connectivity index is 2.26. The summed E-state index contributed by atoms with van der Waals surface area (Å²) in [5.41, 5.74) is 8.43. The van der Waals surface area contributed by atoms with E-state index in [9.17, 15) is 0 Å². The van der Waals surface area contributed by atoms with Crippen LogP contribution in [0.1, 0.15) is 28.7 Å². The van der Waals surface area contributed by atoms with E-state index >= 15 is 0 Å². The second kappa shape index (κ2) is 5.69. The Kier molecular flexibility index (Phi) is 4.22. The number of benzene rings is 1. The molecule has 0 aliphatic rings. The van der Waals surface area contributed by atoms with E-state index < -0.39 is 0 Å². The Bertz CT molecular complexity index is 536. The van der Waals surface area contributed by atoms with Crippen LogP contribution >= 0.6 is 15.9 Å². The molecule has 0 amide bonds. The molecule has 1 atom stereocenters. The number of furan rings is 1. The van der Waals surface area contributed by atoms with Gasteiger partial charge in [-0.05, 0) is 42.3 Å². The fourth-order valence-electron chi connectivity index (χ4n) is 1.92. The van der Waals surface area contributed by atoms with Gasteiger partial charge in [-0.1, -0.05) is 22.0 Å². The highest BCUT2D eigenvalue weighted by atomic mass is 79.9. The predicted octanol–water partition coefficient (Wildman–Crippen LogP) is 3.55. The first-order valence-electron chi connectivity index (χ1n) is 5.71. The Hall–Kier alpha value is -1.10. The van der Waals surface area contributed by atoms with Crippen molar-refractivity contribution < 1.29 is 9.15 Å². The molecule has 1 heterocycles. The smallest absolute Gasteiger partial charge is 0.129 e. The number of aryl methyl sites for hydroxylation is 1. The van der Waals surface area contributed by atoms with Crippen LogP contribution in [0.4, 0.5) is 0 Å². The van der Waals surface area contributed by atoms with Crippen molar-refractivity contribution in [2.24, 2.45) is 5.73 Å². The molecule has 1 unspecified atom stereocenters. The van der Waals surface area contributed by atoms with Crippen LogP contribution in [-0.4, -0.2) is 7.11 Å². The second-order valence-electron chi connectivity index (χ2n) is 4.22. The third-order valence-corrected chi connectivity index (χ3v) is 3.34. The zero-order valence-electron chi connectivity index (χ0n) is 10.4. The monoisotopic (exact) mass is 309 g/mol. The Morgan fingerprint density at radius 3 is 2.78 bits per heavy atom. The molecule has 0 bridgehead atoms. The Labute approximate surface area is 115 Å². The van der Waals surface area contributed by atoms with Crippen molar-refractivity contribution >= 4 is 15.9 Å². The van der Waals surface area contributed by atoms with Gasteiger partial charge in [-0.3, -0.25) is 0 Å². The molecular formula is C14H16BrNO2. The summed E-state index contributed by atoms with van der Waals surface area (Å²) in [7, 11) is 1.64. The normalized spacial score (nSPS) is 12.7. The van der Waals surface area contributed by atoms with Gasteiger partial charge in [0.25, 0.3) is 0 Å². The van der Waals surface area contributed by atoms with Crippen LogP contribution in [0.3, 0.4) is 0 Å². The van der Waals surface area contributed by atoms with Gasteiger partial charge in [0.1, 0.15) is 18.1 Å². The summed E-state index contributed by atoms with van der Waals surface area (Å²) in [5.74, 6) is 1.55. The van der Waals surface area contributed by atoms with Crippen LogP contribution in [0, 0.1) is 6.92 Å². The zero-order valence-corrected chi connectivity index (χ0v) is 12.0. The van der Waals surface area contributed by atoms with Crippen LogP contribution in [0.5, 0.6) is 0 Å². The van der Waals surface area contributed by atoms with Crippen LogP contribution in [0.25, 0.3) is 0 Å². The van der Waals surface area contributed by atoms with E-state index in [1.54, 1.807) is 7.11 Å². The van der Waals surface area contributed by atoms with Gasteiger partial charge in [-0.25, -0.2) is 0 Å². The maximum Gasteiger partial charge on any atom is 0.129 e. The van der Waals surface area contributed by atoms with Crippen molar-refractivity contribution in [1.29, 1.82) is 0 Å². The minimum absolute atomic E-state index is 0.247. The SMILES string of the molecule is COCc1ccc(C(N)c2ccc(Br)cc2C)o1. The maximum absolute atomic E-state index is 6.23. The molecule has 1 aromatic heterocycles. The lowest BCUT2D eigenvalue weighted by atomic mass is 10.0. The minimum atomic E-state index is -0.247. The third kappa shape index (κ3) is 2.83. The summed E-state index contributed by atoms with van der Waals surface area (Å²) < 4.78 is 11.7. The van der Waals surface area contributed by atoms with Gasteiger partial charge < -0.3 is 14.9 Å². The molecule has 2 rings (SSSR count). The summed E-state index contributed by atoms with van der Waals surface area (Å²) in [4.78, 5) is 0. The van der Waals surface area contributed by atoms with E-state index in [-0.39, 0.29) is 6.04 Å². The molecule has 0 aliphatic heterocycles. The summed E-state index contributed by atoms with van der Waals surface area (Å²) >= 11 is 3.45. The molecule has 0 spiro atoms. The predicted molar refractivity (Wildman–Crippen MR) is 74.3 cm³/mol. The van der Waals surface area contributed by atoms with E-state index in [4.69, 9.17) is 14.9 Å². The quantitative estimate of drug-likeness (QED) is 0.939. The van der Waals surface area contributed by atoms with Crippen molar-refractivity contribution in [2.75, 3.05) is 7.11 Å². The molecule has 0 aliphatic carbocycles. The maximum atomic E-state index is 6.23. The first kappa shape index (κ1) is 13.3. The molecule has 96 valence electrons. The van der Waals surface area contributed by atoms with Gasteiger partial charge in [-0.15, -0.1) is 0 Å². The van der Waals surface area contributed by atoms with Crippen molar-refractivity contribution in [1.82, 2.24) is 0 Å². The second-order valence-corrected chi connectivity index (χ2v) is 5.13. The van der Waals surface area contributed by atoms with E-state index in [2.05, 4.69) is 15.9 Å². The molecule has 2 N–H and O–H groups in total. The molecule has 0 saturated carbocycles. The summed E-state index contributed by atoms with van der Waals surface area (Å²) in [6.45, 7) is 2.50. The highest BCUT2D eigenvalue weighted by Gasteiger charge is 2.15. The number of halogens is 1. The van der Waals surface area contributed by atoms with Crippen LogP contribution in [0.2, 0.25) is 0 Å². The third-order valence-electron chi connectivity index (χ3n) is 2.84. The fourth-order valence-corrected chi connectivity index (χ4v) is 2.40. The van der Waals surface area contributed by atoms with E-state index in [0.717, 1.165) is 27.1 Å². The Morgan fingerprint density at radius 1 is 1.33 bits per heavy atom. The summed E-state index contributed by atoms with van der Waals surface area (Å²) in [6.07, 6.45) is 0. The molecule has 2 aromatic rings. The minimum Gasteiger partial charge on any atom is -0.462 e. The number of hydrogen-bond donors (Lipinski definition) is 1. The van der Waals surface area contributed by atoms with Gasteiger partial charge >= 0.3 is 0 Å². The van der Waals surface area contributed by atoms with Crippen LogP contribution in [-0.2, 0) is 11.3 Å². The van der Waals surface area contributed by atoms with Gasteiger partial charge in [0.2, 0.25) is 0 Å². The van der Waals surface area contributed by atoms with Gasteiger partial charge in [-0.2, -0.15) is 0 Å². The topological polar surface area (TPSA) is 48.4 Å². The lowest BCUT2D eigenvalue weighted by molar-refractivity contribution is 0.162. The number of methoxy groups -OCH3 is 1. The average molecular weight is 310 g/mol. The first-order chi connectivity index (χ1) is 8.61. The summed E-state index contributed by atoms with van der Waals surface area (Å²) in [5, 5.41) is 0. The molecule has 0 fully saturated rings. The fraction of sp³-hybridized carbons (Fsp3) is 0.286. The highest BCUT2D eigenvalue weighted by Crippen LogP contribution is 2.26. The standard InChI is InChI=1S/C14H16BrNO2/c1-9-7-10(15)3-5-12(9)14(16)13-6-4-11(18-13)8-17-2/h3-7,14H,8,16H2,1-2H3. The largest absolute Gasteiger partial charge is 0.462 e. The van der Waals surface area contributed by atoms with Crippen molar-refractivity contribution in [3.8, 4) is 0 Å². The first-order valence-corrected chi connectivity index (χ1v) is 6.50. The van der Waals surface area contributed by atoms with Crippen molar-refractivity contribution in [3.05, 3.63) is 57.5 Å². The molecular weight excluding hydrogens is 294 g/mol. The lowest BCUT2D eigenvalue weighted by Gasteiger charge is -2.12. The van der Waals surface area contributed by atoms with Gasteiger partial charge in [0.05, 0.1) is 6.04 Å². The lowest BCUT2D eigenvalue weighted by Crippen LogP contribution is -2.12. The molecule has 0 radical (unpaired) electrons. The van der Waals surface area contributed by atoms with Crippen molar-refractivity contribution in [2.45, 2.75) is 19.6 Å². The van der Waals surface area contributed by atoms with Crippen molar-refractivity contribution in [3.63, 3.8) is 0 Å². The van der Waals surface area contributed by atoms with E-state index in [1.807, 2.05) is 37.3 Å². The van der Waals surface area contributed by atoms with Gasteiger partial charge in [0, 0.05) is 11.6 Å². The Morgan fingerprint density at radius 2 is 2.11 bits per heavy atom. The molecule has 0 saturated heterocycles. The molecule has 3 nitrogen and oxygen atoms in total. The summed E-state index contributed by atoms with van der Waals surface area (Å²) in [6, 6.07) is 9.61. The average Bonchev–Trinajstić information content (AvgIpc) is 2.77. The van der Waals surface area contributed by atoms with E-state index in [1.165, 1.54) is 0 Å². The van der Waals surface area contributed by atoms with Crippen LogP contribution in [0.15, 0.2) is 39.2 Å². The molecule has 4 heteroatoms. The molecule has 1 aromatic carbocycles. The zero-order chi connectivity index (χ0) is 13.1. The number of ether oxygens (including phenoxy) is 1. The number of nitrogens with two attached hydrogens (primary N) is 1. The highest BCUT2D eigenvalue weighted by molar-refractivity contribution is 9.10. The van der Waals surface area contributed by atoms with Crippen LogP contribution < -0.4 is 5.73 Å². The van der Waals surface area contributed by atoms with E-state index in [0.29, 0.717) is 6.61 Å². The van der Waals surface area contributed by atoms with Gasteiger partial charge in [0.15, 0.2) is 0 Å². The molecule has 18 heavy (non-hydrogen) atoms. The number of rotatable bonds is 4. The number of hydrogen-bond acceptors (Lipinski definition) is 3.